The Labute approximate surface area is 158 Å². The number of rotatable bonds is 8. The van der Waals surface area contributed by atoms with E-state index in [2.05, 4.69) is 10.6 Å². The average molecular weight is 368 g/mol. The third-order valence-electron chi connectivity index (χ3n) is 3.87. The molecule has 2 aromatic carbocycles. The van der Waals surface area contributed by atoms with Crippen molar-refractivity contribution in [2.24, 2.45) is 0 Å². The van der Waals surface area contributed by atoms with Crippen molar-refractivity contribution in [3.8, 4) is 0 Å². The minimum atomic E-state index is -0.501. The molecule has 0 aliphatic carbocycles. The molecule has 0 heterocycles. The smallest absolute Gasteiger partial charge is 0.306 e. The Morgan fingerprint density at radius 3 is 2.37 bits per heavy atom. The molecule has 0 aromatic heterocycles. The minimum Gasteiger partial charge on any atom is -0.456 e. The van der Waals surface area contributed by atoms with Crippen molar-refractivity contribution < 1.29 is 19.1 Å². The van der Waals surface area contributed by atoms with E-state index >= 15 is 0 Å². The zero-order valence-corrected chi connectivity index (χ0v) is 15.6. The van der Waals surface area contributed by atoms with Gasteiger partial charge < -0.3 is 15.4 Å². The number of aryl methyl sites for hydroxylation is 2. The van der Waals surface area contributed by atoms with Crippen molar-refractivity contribution in [1.82, 2.24) is 0 Å². The molecule has 6 nitrogen and oxygen atoms in total. The fourth-order valence-corrected chi connectivity index (χ4v) is 2.41. The molecule has 0 spiro atoms. The molecule has 2 aromatic rings. The van der Waals surface area contributed by atoms with Crippen LogP contribution in [0.3, 0.4) is 0 Å². The first kappa shape index (κ1) is 20.2. The molecule has 2 rings (SSSR count). The number of hydrogen-bond acceptors (Lipinski definition) is 4. The van der Waals surface area contributed by atoms with Crippen molar-refractivity contribution >= 4 is 29.2 Å². The fourth-order valence-electron chi connectivity index (χ4n) is 2.41. The summed E-state index contributed by atoms with van der Waals surface area (Å²) in [7, 11) is 0. The van der Waals surface area contributed by atoms with E-state index in [1.165, 1.54) is 0 Å². The summed E-state index contributed by atoms with van der Waals surface area (Å²) in [6.45, 7) is 3.48. The van der Waals surface area contributed by atoms with E-state index in [-0.39, 0.29) is 31.3 Å². The van der Waals surface area contributed by atoms with E-state index in [9.17, 15) is 14.4 Å². The second kappa shape index (κ2) is 10.1. The molecule has 0 bridgehead atoms. The lowest BCUT2D eigenvalue weighted by Gasteiger charge is -2.10. The molecule has 2 amide bonds. The van der Waals surface area contributed by atoms with Crippen molar-refractivity contribution in [2.45, 2.75) is 33.1 Å². The molecule has 0 fully saturated rings. The Hall–Kier alpha value is -3.15. The van der Waals surface area contributed by atoms with Gasteiger partial charge in [0.15, 0.2) is 6.61 Å². The van der Waals surface area contributed by atoms with Gasteiger partial charge in [0.05, 0.1) is 0 Å². The van der Waals surface area contributed by atoms with Crippen LogP contribution >= 0.6 is 0 Å². The van der Waals surface area contributed by atoms with Crippen LogP contribution in [-0.2, 0) is 19.1 Å². The topological polar surface area (TPSA) is 84.5 Å². The zero-order valence-electron chi connectivity index (χ0n) is 15.6. The second-order valence-corrected chi connectivity index (χ2v) is 6.29. The van der Waals surface area contributed by atoms with Gasteiger partial charge in [0, 0.05) is 24.2 Å². The molecule has 0 aliphatic heterocycles. The van der Waals surface area contributed by atoms with Gasteiger partial charge in [-0.25, -0.2) is 0 Å². The van der Waals surface area contributed by atoms with Crippen LogP contribution in [0.5, 0.6) is 0 Å². The SMILES string of the molecule is Cc1ccc(C)c(NC(=O)COC(=O)CCCC(=O)Nc2ccccc2)c1. The fraction of sp³-hybridized carbons (Fsp3) is 0.286. The van der Waals surface area contributed by atoms with Crippen LogP contribution in [-0.4, -0.2) is 24.4 Å². The highest BCUT2D eigenvalue weighted by Crippen LogP contribution is 2.16. The molecule has 27 heavy (non-hydrogen) atoms. The number of benzene rings is 2. The molecule has 0 saturated carbocycles. The van der Waals surface area contributed by atoms with E-state index in [4.69, 9.17) is 4.74 Å². The summed E-state index contributed by atoms with van der Waals surface area (Å²) in [5.41, 5.74) is 3.38. The molecule has 6 heteroatoms. The highest BCUT2D eigenvalue weighted by Gasteiger charge is 2.10. The Balaban J connectivity index is 1.65. The van der Waals surface area contributed by atoms with Crippen LogP contribution in [0.1, 0.15) is 30.4 Å². The van der Waals surface area contributed by atoms with Crippen LogP contribution < -0.4 is 10.6 Å². The number of ether oxygens (including phenoxy) is 1. The summed E-state index contributed by atoms with van der Waals surface area (Å²) < 4.78 is 4.96. The van der Waals surface area contributed by atoms with Gasteiger partial charge in [-0.05, 0) is 49.6 Å². The molecule has 0 saturated heterocycles. The van der Waals surface area contributed by atoms with Gasteiger partial charge in [0.25, 0.3) is 5.91 Å². The average Bonchev–Trinajstić information content (AvgIpc) is 2.64. The van der Waals surface area contributed by atoms with Crippen LogP contribution in [0.2, 0.25) is 0 Å². The number of amides is 2. The molecule has 0 atom stereocenters. The molecular weight excluding hydrogens is 344 g/mol. The Morgan fingerprint density at radius 1 is 0.889 bits per heavy atom. The van der Waals surface area contributed by atoms with Gasteiger partial charge in [-0.1, -0.05) is 30.3 Å². The number of nitrogens with one attached hydrogen (secondary N) is 2. The quantitative estimate of drug-likeness (QED) is 0.697. The van der Waals surface area contributed by atoms with E-state index in [1.807, 2.05) is 50.2 Å². The molecule has 142 valence electrons. The first-order chi connectivity index (χ1) is 12.9. The highest BCUT2D eigenvalue weighted by atomic mass is 16.5. The van der Waals surface area contributed by atoms with Gasteiger partial charge in [-0.2, -0.15) is 0 Å². The molecule has 0 unspecified atom stereocenters. The maximum atomic E-state index is 11.9. The van der Waals surface area contributed by atoms with Gasteiger partial charge in [-0.15, -0.1) is 0 Å². The predicted molar refractivity (Wildman–Crippen MR) is 104 cm³/mol. The summed E-state index contributed by atoms with van der Waals surface area (Å²) in [6, 6.07) is 14.8. The van der Waals surface area contributed by atoms with Crippen LogP contribution in [0.15, 0.2) is 48.5 Å². The van der Waals surface area contributed by atoms with Gasteiger partial charge in [0.2, 0.25) is 5.91 Å². The lowest BCUT2D eigenvalue weighted by molar-refractivity contribution is -0.147. The van der Waals surface area contributed by atoms with Gasteiger partial charge in [0.1, 0.15) is 0 Å². The highest BCUT2D eigenvalue weighted by molar-refractivity contribution is 5.93. The van der Waals surface area contributed by atoms with Crippen molar-refractivity contribution in [3.05, 3.63) is 59.7 Å². The minimum absolute atomic E-state index is 0.0823. The molecule has 0 aliphatic rings. The summed E-state index contributed by atoms with van der Waals surface area (Å²) >= 11 is 0. The maximum Gasteiger partial charge on any atom is 0.306 e. The number of hydrogen-bond donors (Lipinski definition) is 2. The summed E-state index contributed by atoms with van der Waals surface area (Å²) in [6.07, 6.45) is 0.647. The number of carbonyl (C=O) groups is 3. The van der Waals surface area contributed by atoms with E-state index in [1.54, 1.807) is 12.1 Å². The molecule has 2 N–H and O–H groups in total. The Kier molecular flexibility index (Phi) is 7.55. The standard InChI is InChI=1S/C21H24N2O4/c1-15-11-12-16(2)18(13-15)23-20(25)14-27-21(26)10-6-9-19(24)22-17-7-4-3-5-8-17/h3-5,7-8,11-13H,6,9-10,14H2,1-2H3,(H,22,24)(H,23,25). The Morgan fingerprint density at radius 2 is 1.63 bits per heavy atom. The van der Waals surface area contributed by atoms with Crippen LogP contribution in [0.4, 0.5) is 11.4 Å². The zero-order chi connectivity index (χ0) is 19.6. The normalized spacial score (nSPS) is 10.1. The number of esters is 1. The molecular formula is C21H24N2O4. The number of carbonyl (C=O) groups excluding carboxylic acids is 3. The van der Waals surface area contributed by atoms with E-state index < -0.39 is 5.97 Å². The van der Waals surface area contributed by atoms with Gasteiger partial charge in [-0.3, -0.25) is 14.4 Å². The third-order valence-corrected chi connectivity index (χ3v) is 3.87. The third kappa shape index (κ3) is 7.32. The second-order valence-electron chi connectivity index (χ2n) is 6.29. The van der Waals surface area contributed by atoms with Crippen molar-refractivity contribution in [1.29, 1.82) is 0 Å². The van der Waals surface area contributed by atoms with E-state index in [0.717, 1.165) is 11.1 Å². The number of para-hydroxylation sites is 1. The lowest BCUT2D eigenvalue weighted by Crippen LogP contribution is -2.21. The van der Waals surface area contributed by atoms with Crippen LogP contribution in [0, 0.1) is 13.8 Å². The molecule has 0 radical (unpaired) electrons. The van der Waals surface area contributed by atoms with E-state index in [0.29, 0.717) is 17.8 Å². The summed E-state index contributed by atoms with van der Waals surface area (Å²) in [5.74, 6) is -1.06. The summed E-state index contributed by atoms with van der Waals surface area (Å²) in [4.78, 5) is 35.4. The van der Waals surface area contributed by atoms with Gasteiger partial charge >= 0.3 is 5.97 Å². The monoisotopic (exact) mass is 368 g/mol. The maximum absolute atomic E-state index is 11.9. The predicted octanol–water partition coefficient (Wildman–Crippen LogP) is 3.59. The first-order valence-electron chi connectivity index (χ1n) is 8.81. The lowest BCUT2D eigenvalue weighted by atomic mass is 10.1. The Bertz CT molecular complexity index is 803. The van der Waals surface area contributed by atoms with Crippen molar-refractivity contribution in [3.63, 3.8) is 0 Å². The van der Waals surface area contributed by atoms with Crippen LogP contribution in [0.25, 0.3) is 0 Å². The largest absolute Gasteiger partial charge is 0.456 e. The summed E-state index contributed by atoms with van der Waals surface area (Å²) in [5, 5.41) is 5.48. The number of anilines is 2. The van der Waals surface area contributed by atoms with Crippen molar-refractivity contribution in [2.75, 3.05) is 17.2 Å². The first-order valence-corrected chi connectivity index (χ1v) is 8.81.